The Morgan fingerprint density at radius 3 is 2.48 bits per heavy atom. The van der Waals surface area contributed by atoms with Gasteiger partial charge in [0.25, 0.3) is 0 Å². The van der Waals surface area contributed by atoms with E-state index in [4.69, 9.17) is 46.4 Å². The van der Waals surface area contributed by atoms with Crippen LogP contribution in [0.3, 0.4) is 0 Å². The topological polar surface area (TPSA) is 29.1 Å². The number of carbonyl (C=O) groups is 1. The van der Waals surface area contributed by atoms with Crippen LogP contribution >= 0.6 is 46.4 Å². The van der Waals surface area contributed by atoms with Gasteiger partial charge in [-0.25, -0.2) is 0 Å². The van der Waals surface area contributed by atoms with Crippen LogP contribution in [0.25, 0.3) is 0 Å². The van der Waals surface area contributed by atoms with Crippen LogP contribution in [0, 0.1) is 0 Å². The van der Waals surface area contributed by atoms with Gasteiger partial charge in [0.15, 0.2) is 0 Å². The molecule has 0 spiro atoms. The van der Waals surface area contributed by atoms with Gasteiger partial charge in [0, 0.05) is 10.7 Å². The molecule has 1 amide bonds. The summed E-state index contributed by atoms with van der Waals surface area (Å²) in [4.78, 5) is 11.4. The molecule has 1 aliphatic heterocycles. The maximum atomic E-state index is 11.4. The van der Waals surface area contributed by atoms with E-state index in [0.29, 0.717) is 21.5 Å². The smallest absolute Gasteiger partial charge is 0.228 e. The summed E-state index contributed by atoms with van der Waals surface area (Å²) in [6.07, 6.45) is 0.338. The van der Waals surface area contributed by atoms with Crippen LogP contribution in [-0.4, -0.2) is 5.91 Å². The van der Waals surface area contributed by atoms with Gasteiger partial charge in [-0.2, -0.15) is 0 Å². The largest absolute Gasteiger partial charge is 0.325 e. The SMILES string of the molecule is O=C1Cc2cc(C(Cl)c3ccc(Cl)c(Cl)c3)c(Cl)cc2N1. The molecule has 1 aliphatic rings. The van der Waals surface area contributed by atoms with Gasteiger partial charge in [-0.05, 0) is 41.0 Å². The summed E-state index contributed by atoms with van der Waals surface area (Å²) in [6, 6.07) is 8.80. The van der Waals surface area contributed by atoms with E-state index in [9.17, 15) is 4.79 Å². The highest BCUT2D eigenvalue weighted by Gasteiger charge is 2.23. The number of benzene rings is 2. The molecule has 0 saturated heterocycles. The highest BCUT2D eigenvalue weighted by Crippen LogP contribution is 2.39. The Kier molecular flexibility index (Phi) is 4.06. The molecule has 108 valence electrons. The average Bonchev–Trinajstić information content (AvgIpc) is 2.79. The number of carbonyl (C=O) groups excluding carboxylic acids is 1. The third kappa shape index (κ3) is 2.86. The normalized spacial score (nSPS) is 14.8. The van der Waals surface area contributed by atoms with Crippen LogP contribution in [0.5, 0.6) is 0 Å². The number of anilines is 1. The fourth-order valence-corrected chi connectivity index (χ4v) is 3.26. The summed E-state index contributed by atoms with van der Waals surface area (Å²) in [6.45, 7) is 0. The lowest BCUT2D eigenvalue weighted by Gasteiger charge is -2.14. The number of fused-ring (bicyclic) bond motifs is 1. The van der Waals surface area contributed by atoms with Crippen molar-refractivity contribution in [2.24, 2.45) is 0 Å². The zero-order valence-electron chi connectivity index (χ0n) is 10.6. The van der Waals surface area contributed by atoms with Gasteiger partial charge in [0.05, 0.1) is 21.8 Å². The van der Waals surface area contributed by atoms with Gasteiger partial charge in [-0.1, -0.05) is 40.9 Å². The number of halogens is 4. The van der Waals surface area contributed by atoms with E-state index in [1.807, 2.05) is 6.07 Å². The fraction of sp³-hybridized carbons (Fsp3) is 0.133. The Morgan fingerprint density at radius 2 is 1.76 bits per heavy atom. The molecule has 0 fully saturated rings. The van der Waals surface area contributed by atoms with E-state index < -0.39 is 5.38 Å². The van der Waals surface area contributed by atoms with Crippen molar-refractivity contribution < 1.29 is 4.79 Å². The third-order valence-electron chi connectivity index (χ3n) is 3.36. The molecule has 0 saturated carbocycles. The van der Waals surface area contributed by atoms with Crippen molar-refractivity contribution in [2.45, 2.75) is 11.8 Å². The molecule has 1 heterocycles. The van der Waals surface area contributed by atoms with Gasteiger partial charge < -0.3 is 5.32 Å². The molecule has 0 aliphatic carbocycles. The standard InChI is InChI=1S/C15H9Cl4NO/c16-10-2-1-7(4-12(10)18)15(19)9-3-8-5-14(21)20-13(8)6-11(9)17/h1-4,6,15H,5H2,(H,20,21). The molecular weight excluding hydrogens is 352 g/mol. The minimum absolute atomic E-state index is 0.0427. The van der Waals surface area contributed by atoms with Crippen molar-refractivity contribution in [1.82, 2.24) is 0 Å². The van der Waals surface area contributed by atoms with Gasteiger partial charge in [0.1, 0.15) is 0 Å². The minimum Gasteiger partial charge on any atom is -0.325 e. The number of hydrogen-bond acceptors (Lipinski definition) is 1. The monoisotopic (exact) mass is 359 g/mol. The molecule has 6 heteroatoms. The van der Waals surface area contributed by atoms with Crippen molar-refractivity contribution in [1.29, 1.82) is 0 Å². The van der Waals surface area contributed by atoms with Gasteiger partial charge in [-0.3, -0.25) is 4.79 Å². The van der Waals surface area contributed by atoms with Gasteiger partial charge in [-0.15, -0.1) is 11.6 Å². The summed E-state index contributed by atoms with van der Waals surface area (Å²) >= 11 is 24.7. The quantitative estimate of drug-likeness (QED) is 0.707. The molecule has 0 aromatic heterocycles. The molecule has 21 heavy (non-hydrogen) atoms. The zero-order chi connectivity index (χ0) is 15.1. The Bertz CT molecular complexity index is 745. The lowest BCUT2D eigenvalue weighted by atomic mass is 10.0. The number of nitrogens with one attached hydrogen (secondary N) is 1. The molecule has 0 bridgehead atoms. The second-order valence-electron chi connectivity index (χ2n) is 4.79. The maximum absolute atomic E-state index is 11.4. The summed E-state index contributed by atoms with van der Waals surface area (Å²) in [7, 11) is 0. The molecule has 2 nitrogen and oxygen atoms in total. The van der Waals surface area contributed by atoms with Crippen LogP contribution in [0.4, 0.5) is 5.69 Å². The number of rotatable bonds is 2. The number of alkyl halides is 1. The first-order chi connectivity index (χ1) is 9.95. The second-order valence-corrected chi connectivity index (χ2v) is 6.45. The summed E-state index contributed by atoms with van der Waals surface area (Å²) in [5.74, 6) is -0.0427. The average molecular weight is 361 g/mol. The van der Waals surface area contributed by atoms with E-state index in [-0.39, 0.29) is 5.91 Å². The Hall–Kier alpha value is -0.930. The first-order valence-corrected chi connectivity index (χ1v) is 7.74. The lowest BCUT2D eigenvalue weighted by Crippen LogP contribution is -2.03. The minimum atomic E-state index is -0.465. The molecular formula is C15H9Cl4NO. The summed E-state index contributed by atoms with van der Waals surface area (Å²) in [5.41, 5.74) is 3.18. The van der Waals surface area contributed by atoms with Crippen molar-refractivity contribution in [3.05, 3.63) is 62.1 Å². The molecule has 1 N–H and O–H groups in total. The molecule has 1 atom stereocenters. The Morgan fingerprint density at radius 1 is 1.00 bits per heavy atom. The van der Waals surface area contributed by atoms with E-state index in [2.05, 4.69) is 5.32 Å². The molecule has 0 radical (unpaired) electrons. The highest BCUT2D eigenvalue weighted by atomic mass is 35.5. The number of amides is 1. The Balaban J connectivity index is 2.02. The third-order valence-corrected chi connectivity index (χ3v) is 4.91. The van der Waals surface area contributed by atoms with Crippen LogP contribution < -0.4 is 5.32 Å². The zero-order valence-corrected chi connectivity index (χ0v) is 13.6. The molecule has 2 aromatic rings. The fourth-order valence-electron chi connectivity index (χ4n) is 2.31. The van der Waals surface area contributed by atoms with Crippen molar-refractivity contribution >= 4 is 58.0 Å². The maximum Gasteiger partial charge on any atom is 0.228 e. The van der Waals surface area contributed by atoms with Crippen LogP contribution in [0.1, 0.15) is 22.1 Å². The van der Waals surface area contributed by atoms with Crippen LogP contribution in [0.15, 0.2) is 30.3 Å². The first kappa shape index (κ1) is 15.0. The molecule has 2 aromatic carbocycles. The second kappa shape index (κ2) is 5.69. The number of hydrogen-bond donors (Lipinski definition) is 1. The predicted octanol–water partition coefficient (Wildman–Crippen LogP) is 5.47. The van der Waals surface area contributed by atoms with E-state index in [1.165, 1.54) is 0 Å². The lowest BCUT2D eigenvalue weighted by molar-refractivity contribution is -0.115. The van der Waals surface area contributed by atoms with Crippen molar-refractivity contribution in [2.75, 3.05) is 5.32 Å². The molecule has 3 rings (SSSR count). The van der Waals surface area contributed by atoms with Gasteiger partial charge >= 0.3 is 0 Å². The Labute approximate surface area is 142 Å². The van der Waals surface area contributed by atoms with Crippen LogP contribution in [0.2, 0.25) is 15.1 Å². The molecule has 1 unspecified atom stereocenters. The summed E-state index contributed by atoms with van der Waals surface area (Å²) < 4.78 is 0. The summed E-state index contributed by atoms with van der Waals surface area (Å²) in [5, 5.41) is 3.70. The van der Waals surface area contributed by atoms with Crippen LogP contribution in [-0.2, 0) is 11.2 Å². The highest BCUT2D eigenvalue weighted by molar-refractivity contribution is 6.42. The van der Waals surface area contributed by atoms with Crippen molar-refractivity contribution in [3.63, 3.8) is 0 Å². The predicted molar refractivity (Wildman–Crippen MR) is 87.9 cm³/mol. The van der Waals surface area contributed by atoms with Gasteiger partial charge in [0.2, 0.25) is 5.91 Å². The van der Waals surface area contributed by atoms with E-state index >= 15 is 0 Å². The van der Waals surface area contributed by atoms with E-state index in [1.54, 1.807) is 24.3 Å². The van der Waals surface area contributed by atoms with E-state index in [0.717, 1.165) is 22.4 Å². The van der Waals surface area contributed by atoms with Crippen molar-refractivity contribution in [3.8, 4) is 0 Å². The first-order valence-electron chi connectivity index (χ1n) is 6.17.